The second-order valence-corrected chi connectivity index (χ2v) is 5.17. The van der Waals surface area contributed by atoms with Gasteiger partial charge >= 0.3 is 0 Å². The summed E-state index contributed by atoms with van der Waals surface area (Å²) in [6.07, 6.45) is 0. The zero-order chi connectivity index (χ0) is 14.3. The fourth-order valence-corrected chi connectivity index (χ4v) is 2.27. The highest BCUT2D eigenvalue weighted by molar-refractivity contribution is 9.10. The number of fused-ring (bicyclic) bond motifs is 1. The normalized spacial score (nSPS) is 10.9. The average molecular weight is 332 g/mol. The molecular formula is C14H10BrN3O2. The number of halogens is 1. The molecule has 0 saturated carbocycles. The maximum absolute atomic E-state index is 11.7. The van der Waals surface area contributed by atoms with E-state index < -0.39 is 5.56 Å². The number of aromatic nitrogens is 3. The number of aromatic hydroxyl groups is 1. The van der Waals surface area contributed by atoms with Crippen molar-refractivity contribution in [1.29, 1.82) is 0 Å². The molecule has 1 aromatic carbocycles. The van der Waals surface area contributed by atoms with E-state index in [1.165, 1.54) is 0 Å². The van der Waals surface area contributed by atoms with E-state index in [1.54, 1.807) is 0 Å². The SMILES string of the molecule is Cc1cc(-c2nc(O)c(Br)c(=O)[nH]2)c2ccccc2n1. The maximum atomic E-state index is 11.7. The molecule has 100 valence electrons. The van der Waals surface area contributed by atoms with E-state index in [0.29, 0.717) is 5.82 Å². The lowest BCUT2D eigenvalue weighted by atomic mass is 10.1. The number of hydrogen-bond acceptors (Lipinski definition) is 4. The summed E-state index contributed by atoms with van der Waals surface area (Å²) in [4.78, 5) is 22.8. The van der Waals surface area contributed by atoms with Crippen LogP contribution >= 0.6 is 15.9 Å². The molecule has 0 radical (unpaired) electrons. The molecule has 6 heteroatoms. The summed E-state index contributed by atoms with van der Waals surface area (Å²) < 4.78 is 0.0244. The largest absolute Gasteiger partial charge is 0.492 e. The summed E-state index contributed by atoms with van der Waals surface area (Å²) in [7, 11) is 0. The maximum Gasteiger partial charge on any atom is 0.269 e. The highest BCUT2D eigenvalue weighted by Gasteiger charge is 2.12. The van der Waals surface area contributed by atoms with Gasteiger partial charge < -0.3 is 10.1 Å². The van der Waals surface area contributed by atoms with Crippen LogP contribution in [-0.4, -0.2) is 20.1 Å². The number of aryl methyl sites for hydroxylation is 1. The van der Waals surface area contributed by atoms with Crippen molar-refractivity contribution < 1.29 is 5.11 Å². The minimum atomic E-state index is -0.425. The van der Waals surface area contributed by atoms with E-state index in [9.17, 15) is 9.90 Å². The Balaban J connectivity index is 2.37. The van der Waals surface area contributed by atoms with Crippen molar-refractivity contribution in [2.75, 3.05) is 0 Å². The molecule has 3 rings (SSSR count). The molecule has 0 spiro atoms. The highest BCUT2D eigenvalue weighted by atomic mass is 79.9. The van der Waals surface area contributed by atoms with Crippen molar-refractivity contribution in [2.24, 2.45) is 0 Å². The second-order valence-electron chi connectivity index (χ2n) is 4.38. The number of para-hydroxylation sites is 1. The van der Waals surface area contributed by atoms with E-state index in [-0.39, 0.29) is 10.4 Å². The first-order valence-electron chi connectivity index (χ1n) is 5.92. The Hall–Kier alpha value is -2.21. The number of rotatable bonds is 1. The first-order valence-corrected chi connectivity index (χ1v) is 6.71. The van der Waals surface area contributed by atoms with Gasteiger partial charge in [0.15, 0.2) is 0 Å². The zero-order valence-electron chi connectivity index (χ0n) is 10.5. The first-order chi connectivity index (χ1) is 9.56. The van der Waals surface area contributed by atoms with Gasteiger partial charge in [-0.2, -0.15) is 4.98 Å². The molecule has 2 heterocycles. The monoisotopic (exact) mass is 331 g/mol. The summed E-state index contributed by atoms with van der Waals surface area (Å²) in [5.41, 5.74) is 1.93. The van der Waals surface area contributed by atoms with Crippen LogP contribution in [0.15, 0.2) is 39.6 Å². The predicted octanol–water partition coefficient (Wildman–Crippen LogP) is 2.76. The Kier molecular flexibility index (Phi) is 3.02. The average Bonchev–Trinajstić information content (AvgIpc) is 2.43. The molecule has 0 amide bonds. The number of benzene rings is 1. The molecule has 0 saturated heterocycles. The van der Waals surface area contributed by atoms with Crippen LogP contribution in [0.4, 0.5) is 0 Å². The molecule has 3 aromatic rings. The zero-order valence-corrected chi connectivity index (χ0v) is 12.1. The Morgan fingerprint density at radius 1 is 1.25 bits per heavy atom. The Morgan fingerprint density at radius 3 is 2.75 bits per heavy atom. The van der Waals surface area contributed by atoms with Crippen molar-refractivity contribution in [3.63, 3.8) is 0 Å². The summed E-state index contributed by atoms with van der Waals surface area (Å²) in [6, 6.07) is 9.40. The first kappa shape index (κ1) is 12.8. The predicted molar refractivity (Wildman–Crippen MR) is 79.7 cm³/mol. The van der Waals surface area contributed by atoms with Crippen LogP contribution in [0.1, 0.15) is 5.69 Å². The molecule has 0 aliphatic carbocycles. The third-order valence-electron chi connectivity index (χ3n) is 2.94. The molecule has 0 fully saturated rings. The number of hydrogen-bond donors (Lipinski definition) is 2. The highest BCUT2D eigenvalue weighted by Crippen LogP contribution is 2.27. The molecule has 20 heavy (non-hydrogen) atoms. The third kappa shape index (κ3) is 2.08. The van der Waals surface area contributed by atoms with Crippen molar-refractivity contribution >= 4 is 26.8 Å². The molecular weight excluding hydrogens is 322 g/mol. The van der Waals surface area contributed by atoms with Gasteiger partial charge in [0.25, 0.3) is 5.56 Å². The van der Waals surface area contributed by atoms with Crippen LogP contribution in [0.5, 0.6) is 5.88 Å². The number of nitrogens with zero attached hydrogens (tertiary/aromatic N) is 2. The Bertz CT molecular complexity index is 874. The summed E-state index contributed by atoms with van der Waals surface area (Å²) >= 11 is 2.98. The minimum absolute atomic E-state index is 0.0244. The molecule has 2 N–H and O–H groups in total. The number of H-pyrrole nitrogens is 1. The lowest BCUT2D eigenvalue weighted by Crippen LogP contribution is -2.10. The lowest BCUT2D eigenvalue weighted by molar-refractivity contribution is 0.448. The lowest BCUT2D eigenvalue weighted by Gasteiger charge is -2.08. The molecule has 0 atom stereocenters. The molecule has 0 aliphatic heterocycles. The van der Waals surface area contributed by atoms with E-state index in [4.69, 9.17) is 0 Å². The van der Waals surface area contributed by atoms with Crippen LogP contribution in [0.3, 0.4) is 0 Å². The summed E-state index contributed by atoms with van der Waals surface area (Å²) in [5.74, 6) is -0.0142. The van der Waals surface area contributed by atoms with Gasteiger partial charge in [0.1, 0.15) is 10.3 Å². The Morgan fingerprint density at radius 2 is 2.00 bits per heavy atom. The van der Waals surface area contributed by atoms with Crippen LogP contribution in [0, 0.1) is 6.92 Å². The van der Waals surface area contributed by atoms with Gasteiger partial charge in [-0.15, -0.1) is 0 Å². The topological polar surface area (TPSA) is 78.9 Å². The van der Waals surface area contributed by atoms with Crippen molar-refractivity contribution in [3.05, 3.63) is 50.9 Å². The standard InChI is InChI=1S/C14H10BrN3O2/c1-7-6-9(8-4-2-3-5-10(8)16-7)12-17-13(19)11(15)14(20)18-12/h2-6H,1H3,(H2,17,18,19,20). The van der Waals surface area contributed by atoms with Gasteiger partial charge in [0, 0.05) is 16.6 Å². The van der Waals surface area contributed by atoms with Crippen molar-refractivity contribution in [1.82, 2.24) is 15.0 Å². The van der Waals surface area contributed by atoms with Gasteiger partial charge in [-0.25, -0.2) is 0 Å². The van der Waals surface area contributed by atoms with Crippen LogP contribution in [0.2, 0.25) is 0 Å². The molecule has 2 aromatic heterocycles. The Labute approximate surface area is 122 Å². The fraction of sp³-hybridized carbons (Fsp3) is 0.0714. The second kappa shape index (κ2) is 4.72. The molecule has 5 nitrogen and oxygen atoms in total. The van der Waals surface area contributed by atoms with Gasteiger partial charge in [-0.1, -0.05) is 18.2 Å². The number of aromatic amines is 1. The smallest absolute Gasteiger partial charge is 0.269 e. The minimum Gasteiger partial charge on any atom is -0.492 e. The van der Waals surface area contributed by atoms with Gasteiger partial charge in [0.2, 0.25) is 5.88 Å². The molecule has 0 unspecified atom stereocenters. The van der Waals surface area contributed by atoms with E-state index >= 15 is 0 Å². The quantitative estimate of drug-likeness (QED) is 0.718. The number of pyridine rings is 1. The van der Waals surface area contributed by atoms with Crippen LogP contribution in [0.25, 0.3) is 22.3 Å². The molecule has 0 bridgehead atoms. The molecule has 0 aliphatic rings. The van der Waals surface area contributed by atoms with Crippen LogP contribution < -0.4 is 5.56 Å². The van der Waals surface area contributed by atoms with E-state index in [2.05, 4.69) is 30.9 Å². The van der Waals surface area contributed by atoms with Crippen molar-refractivity contribution in [3.8, 4) is 17.3 Å². The third-order valence-corrected chi connectivity index (χ3v) is 3.66. The van der Waals surface area contributed by atoms with E-state index in [0.717, 1.165) is 22.2 Å². The van der Waals surface area contributed by atoms with Gasteiger partial charge in [0.05, 0.1) is 5.52 Å². The number of nitrogens with one attached hydrogen (secondary N) is 1. The van der Waals surface area contributed by atoms with E-state index in [1.807, 2.05) is 37.3 Å². The van der Waals surface area contributed by atoms with Crippen LogP contribution in [-0.2, 0) is 0 Å². The van der Waals surface area contributed by atoms with Crippen molar-refractivity contribution in [2.45, 2.75) is 6.92 Å². The summed E-state index contributed by atoms with van der Waals surface area (Å²) in [5, 5.41) is 10.6. The van der Waals surface area contributed by atoms with Gasteiger partial charge in [-0.05, 0) is 35.0 Å². The summed E-state index contributed by atoms with van der Waals surface area (Å²) in [6.45, 7) is 1.87. The van der Waals surface area contributed by atoms with Gasteiger partial charge in [-0.3, -0.25) is 9.78 Å². The fourth-order valence-electron chi connectivity index (χ4n) is 2.08.